The number of rotatable bonds is 3. The molecule has 0 aliphatic carbocycles. The summed E-state index contributed by atoms with van der Waals surface area (Å²) in [5.74, 6) is 0.197. The number of fused-ring (bicyclic) bond motifs is 1. The third-order valence-corrected chi connectivity index (χ3v) is 5.20. The van der Waals surface area contributed by atoms with Gasteiger partial charge >= 0.3 is 6.18 Å². The molecule has 1 aromatic rings. The van der Waals surface area contributed by atoms with Crippen LogP contribution in [0, 0.1) is 5.92 Å². The monoisotopic (exact) mass is 370 g/mol. The SMILES string of the molecule is CC(C)N1C[C@H]2CN(Cc3cccc(C(F)(F)F)c3)CC[C@@H]2OCC1=O. The number of alkyl halides is 3. The highest BCUT2D eigenvalue weighted by Crippen LogP contribution is 2.30. The summed E-state index contributed by atoms with van der Waals surface area (Å²) in [6.45, 7) is 6.68. The molecule has 2 saturated heterocycles. The number of benzene rings is 1. The number of carbonyl (C=O) groups excluding carboxylic acids is 1. The van der Waals surface area contributed by atoms with Gasteiger partial charge in [-0.3, -0.25) is 9.69 Å². The first-order chi connectivity index (χ1) is 12.2. The van der Waals surface area contributed by atoms with Gasteiger partial charge in [0.15, 0.2) is 0 Å². The molecule has 1 aromatic carbocycles. The number of hydrogen-bond donors (Lipinski definition) is 0. The van der Waals surface area contributed by atoms with Crippen LogP contribution >= 0.6 is 0 Å². The van der Waals surface area contributed by atoms with Crippen molar-refractivity contribution in [2.24, 2.45) is 5.92 Å². The number of amides is 1. The zero-order valence-electron chi connectivity index (χ0n) is 15.1. The summed E-state index contributed by atoms with van der Waals surface area (Å²) in [5, 5.41) is 0. The highest BCUT2D eigenvalue weighted by atomic mass is 19.4. The first-order valence-electron chi connectivity index (χ1n) is 9.03. The van der Waals surface area contributed by atoms with Crippen molar-refractivity contribution in [3.8, 4) is 0 Å². The normalized spacial score (nSPS) is 25.3. The van der Waals surface area contributed by atoms with Crippen LogP contribution in [0.25, 0.3) is 0 Å². The van der Waals surface area contributed by atoms with Crippen molar-refractivity contribution in [1.82, 2.24) is 9.80 Å². The Morgan fingerprint density at radius 3 is 2.73 bits per heavy atom. The van der Waals surface area contributed by atoms with Crippen molar-refractivity contribution >= 4 is 5.91 Å². The van der Waals surface area contributed by atoms with Gasteiger partial charge < -0.3 is 9.64 Å². The minimum Gasteiger partial charge on any atom is -0.368 e. The molecule has 26 heavy (non-hydrogen) atoms. The van der Waals surface area contributed by atoms with Crippen molar-refractivity contribution in [2.75, 3.05) is 26.2 Å². The maximum absolute atomic E-state index is 12.9. The molecule has 0 bridgehead atoms. The molecule has 2 atom stereocenters. The lowest BCUT2D eigenvalue weighted by Gasteiger charge is -2.38. The largest absolute Gasteiger partial charge is 0.416 e. The lowest BCUT2D eigenvalue weighted by molar-refractivity contribution is -0.138. The first-order valence-corrected chi connectivity index (χ1v) is 9.03. The van der Waals surface area contributed by atoms with Crippen LogP contribution in [-0.4, -0.2) is 54.1 Å². The molecule has 3 rings (SSSR count). The van der Waals surface area contributed by atoms with Gasteiger partial charge in [0.25, 0.3) is 0 Å². The quantitative estimate of drug-likeness (QED) is 0.819. The topological polar surface area (TPSA) is 32.8 Å². The van der Waals surface area contributed by atoms with E-state index in [-0.39, 0.29) is 30.6 Å². The number of carbonyl (C=O) groups is 1. The smallest absolute Gasteiger partial charge is 0.368 e. The molecule has 0 N–H and O–H groups in total. The second-order valence-corrected chi connectivity index (χ2v) is 7.47. The molecular formula is C19H25F3N2O2. The molecule has 7 heteroatoms. The number of nitrogens with zero attached hydrogens (tertiary/aromatic N) is 2. The fraction of sp³-hybridized carbons (Fsp3) is 0.632. The van der Waals surface area contributed by atoms with Crippen molar-refractivity contribution < 1.29 is 22.7 Å². The van der Waals surface area contributed by atoms with Crippen molar-refractivity contribution in [3.63, 3.8) is 0 Å². The summed E-state index contributed by atoms with van der Waals surface area (Å²) in [7, 11) is 0. The Morgan fingerprint density at radius 1 is 1.27 bits per heavy atom. The van der Waals surface area contributed by atoms with E-state index in [4.69, 9.17) is 4.74 Å². The van der Waals surface area contributed by atoms with E-state index >= 15 is 0 Å². The van der Waals surface area contributed by atoms with E-state index in [0.29, 0.717) is 18.7 Å². The zero-order chi connectivity index (χ0) is 18.9. The first kappa shape index (κ1) is 19.2. The van der Waals surface area contributed by atoms with Gasteiger partial charge in [-0.2, -0.15) is 13.2 Å². The number of hydrogen-bond acceptors (Lipinski definition) is 3. The van der Waals surface area contributed by atoms with Crippen LogP contribution in [-0.2, 0) is 22.3 Å². The Hall–Kier alpha value is -1.60. The highest BCUT2D eigenvalue weighted by molar-refractivity contribution is 5.78. The molecule has 2 aliphatic rings. The Morgan fingerprint density at radius 2 is 2.04 bits per heavy atom. The van der Waals surface area contributed by atoms with Crippen LogP contribution in [0.15, 0.2) is 24.3 Å². The number of halogens is 3. The standard InChI is InChI=1S/C19H25F3N2O2/c1-13(2)24-11-15-10-23(7-6-17(15)26-12-18(24)25)9-14-4-3-5-16(8-14)19(20,21)22/h3-5,8,13,15,17H,6-7,9-12H2,1-2H3/t15-,17+/m1/s1. The van der Waals surface area contributed by atoms with Gasteiger partial charge in [-0.05, 0) is 31.9 Å². The second-order valence-electron chi connectivity index (χ2n) is 7.47. The summed E-state index contributed by atoms with van der Waals surface area (Å²) >= 11 is 0. The van der Waals surface area contributed by atoms with Gasteiger partial charge in [0.2, 0.25) is 5.91 Å². The maximum atomic E-state index is 12.9. The van der Waals surface area contributed by atoms with Crippen LogP contribution in [0.4, 0.5) is 13.2 Å². The number of piperidine rings is 1. The molecule has 2 heterocycles. The zero-order valence-corrected chi connectivity index (χ0v) is 15.1. The molecule has 0 spiro atoms. The van der Waals surface area contributed by atoms with Crippen LogP contribution in [0.2, 0.25) is 0 Å². The fourth-order valence-corrected chi connectivity index (χ4v) is 3.84. The molecule has 144 valence electrons. The summed E-state index contributed by atoms with van der Waals surface area (Å²) in [6.07, 6.45) is -3.49. The van der Waals surface area contributed by atoms with Crippen LogP contribution in [0.3, 0.4) is 0 Å². The van der Waals surface area contributed by atoms with E-state index in [0.717, 1.165) is 25.6 Å². The Bertz CT molecular complexity index is 648. The Labute approximate surface area is 151 Å². The van der Waals surface area contributed by atoms with E-state index in [1.54, 1.807) is 6.07 Å². The lowest BCUT2D eigenvalue weighted by Crippen LogP contribution is -2.48. The van der Waals surface area contributed by atoms with Gasteiger partial charge in [0, 0.05) is 38.1 Å². The molecule has 0 aromatic heterocycles. The van der Waals surface area contributed by atoms with Crippen LogP contribution < -0.4 is 0 Å². The summed E-state index contributed by atoms with van der Waals surface area (Å²) in [4.78, 5) is 16.2. The molecular weight excluding hydrogens is 345 g/mol. The Kier molecular flexibility index (Phi) is 5.58. The third-order valence-electron chi connectivity index (χ3n) is 5.20. The molecule has 0 saturated carbocycles. The van der Waals surface area contributed by atoms with Crippen LogP contribution in [0.1, 0.15) is 31.4 Å². The third kappa shape index (κ3) is 4.38. The van der Waals surface area contributed by atoms with Gasteiger partial charge in [-0.25, -0.2) is 0 Å². The predicted molar refractivity (Wildman–Crippen MR) is 91.4 cm³/mol. The van der Waals surface area contributed by atoms with Gasteiger partial charge in [-0.1, -0.05) is 18.2 Å². The van der Waals surface area contributed by atoms with E-state index in [9.17, 15) is 18.0 Å². The number of ether oxygens (including phenoxy) is 1. The lowest BCUT2D eigenvalue weighted by atomic mass is 9.93. The highest BCUT2D eigenvalue weighted by Gasteiger charge is 2.36. The minimum atomic E-state index is -4.32. The van der Waals surface area contributed by atoms with Gasteiger partial charge in [0.1, 0.15) is 6.61 Å². The van der Waals surface area contributed by atoms with Crippen molar-refractivity contribution in [3.05, 3.63) is 35.4 Å². The van der Waals surface area contributed by atoms with E-state index in [1.165, 1.54) is 12.1 Å². The second kappa shape index (κ2) is 7.56. The molecule has 4 nitrogen and oxygen atoms in total. The fourth-order valence-electron chi connectivity index (χ4n) is 3.84. The molecule has 1 amide bonds. The Balaban J connectivity index is 1.68. The van der Waals surface area contributed by atoms with Gasteiger partial charge in [-0.15, -0.1) is 0 Å². The average molecular weight is 370 g/mol. The van der Waals surface area contributed by atoms with Gasteiger partial charge in [0.05, 0.1) is 11.7 Å². The molecule has 2 aliphatic heterocycles. The number of likely N-dealkylation sites (tertiary alicyclic amines) is 1. The molecule has 0 radical (unpaired) electrons. The minimum absolute atomic E-state index is 0.0128. The average Bonchev–Trinajstić information content (AvgIpc) is 2.73. The van der Waals surface area contributed by atoms with E-state index < -0.39 is 11.7 Å². The van der Waals surface area contributed by atoms with E-state index in [2.05, 4.69) is 4.90 Å². The molecule has 2 fully saturated rings. The maximum Gasteiger partial charge on any atom is 0.416 e. The summed E-state index contributed by atoms with van der Waals surface area (Å²) in [5.41, 5.74) is 0.0453. The van der Waals surface area contributed by atoms with Crippen molar-refractivity contribution in [2.45, 2.75) is 45.1 Å². The molecule has 0 unspecified atom stereocenters. The van der Waals surface area contributed by atoms with E-state index in [1.807, 2.05) is 18.7 Å². The summed E-state index contributed by atoms with van der Waals surface area (Å²) in [6, 6.07) is 5.62. The van der Waals surface area contributed by atoms with Crippen LogP contribution in [0.5, 0.6) is 0 Å². The summed E-state index contributed by atoms with van der Waals surface area (Å²) < 4.78 is 44.5. The van der Waals surface area contributed by atoms with Crippen molar-refractivity contribution in [1.29, 1.82) is 0 Å². The predicted octanol–water partition coefficient (Wildman–Crippen LogP) is 3.16.